The lowest BCUT2D eigenvalue weighted by Crippen LogP contribution is -2.60. The molecule has 2 atom stereocenters. The van der Waals surface area contributed by atoms with Crippen molar-refractivity contribution >= 4 is 68.9 Å². The van der Waals surface area contributed by atoms with Crippen LogP contribution in [0.4, 0.5) is 8.78 Å². The van der Waals surface area contributed by atoms with Gasteiger partial charge in [0, 0.05) is 71.5 Å². The largest absolute Gasteiger partial charge is 0.480 e. The second-order valence-corrected chi connectivity index (χ2v) is 14.7. The number of amides is 4. The number of aromatic nitrogens is 2. The maximum atomic E-state index is 14.3. The number of carbonyl (C=O) groups is 8. The summed E-state index contributed by atoms with van der Waals surface area (Å²) >= 11 is 0. The number of rotatable bonds is 9. The normalized spacial score (nSPS) is 16.2. The number of hydrogen-bond donors (Lipinski definition) is 3. The van der Waals surface area contributed by atoms with E-state index in [0.29, 0.717) is 22.2 Å². The van der Waals surface area contributed by atoms with Gasteiger partial charge in [-0.1, -0.05) is 48.5 Å². The first-order chi connectivity index (χ1) is 30.8. The van der Waals surface area contributed by atoms with Crippen molar-refractivity contribution < 1.29 is 57.0 Å². The number of ketones is 2. The van der Waals surface area contributed by atoms with Crippen molar-refractivity contribution in [2.75, 3.05) is 45.9 Å². The highest BCUT2D eigenvalue weighted by Crippen LogP contribution is 2.26. The van der Waals surface area contributed by atoms with Crippen LogP contribution in [-0.4, -0.2) is 140 Å². The summed E-state index contributed by atoms with van der Waals surface area (Å²) in [7, 11) is 0. The molecule has 18 heteroatoms. The van der Waals surface area contributed by atoms with Crippen LogP contribution in [0, 0.1) is 11.6 Å². The standard InChI is InChI=1S/C24H22FN3O5.C22H18FN3O5/c1-2-33-24(32)19-14-27(22(30)15-7-4-3-5-8-15)11-12-28(19)23(31)21(29)16-13-26-18-10-6-9-17(25)20(16)18;23-15-7-4-8-16-18(15)14(11-24-16)19(27)21(29)26-10-9-25(12-17(26)22(30)31)20(28)13-5-2-1-3-6-13/h3-10,13,19,26H,2,11-12,14H2,1H3;1-8,11,17,24H,9-10,12H2,(H,30,31). The molecule has 2 fully saturated rings. The first-order valence-electron chi connectivity index (χ1n) is 20.1. The van der Waals surface area contributed by atoms with E-state index >= 15 is 0 Å². The second kappa shape index (κ2) is 18.9. The highest BCUT2D eigenvalue weighted by atomic mass is 19.1. The molecule has 0 bridgehead atoms. The van der Waals surface area contributed by atoms with Gasteiger partial charge < -0.3 is 39.4 Å². The Hall–Kier alpha value is -8.02. The first-order valence-corrected chi connectivity index (χ1v) is 20.1. The molecular formula is C46H40F2N6O10. The summed E-state index contributed by atoms with van der Waals surface area (Å²) in [6.07, 6.45) is 2.52. The molecule has 0 radical (unpaired) electrons. The van der Waals surface area contributed by atoms with Gasteiger partial charge >= 0.3 is 11.9 Å². The van der Waals surface area contributed by atoms with E-state index in [1.807, 2.05) is 0 Å². The van der Waals surface area contributed by atoms with E-state index in [1.54, 1.807) is 79.7 Å². The number of carboxylic acids is 1. The van der Waals surface area contributed by atoms with Crippen molar-refractivity contribution in [1.29, 1.82) is 0 Å². The van der Waals surface area contributed by atoms with Crippen LogP contribution in [0.2, 0.25) is 0 Å². The average Bonchev–Trinajstić information content (AvgIpc) is 3.97. The van der Waals surface area contributed by atoms with Gasteiger partial charge in [0.25, 0.3) is 35.2 Å². The summed E-state index contributed by atoms with van der Waals surface area (Å²) in [6.45, 7) is 1.34. The van der Waals surface area contributed by atoms with E-state index in [2.05, 4.69) is 9.97 Å². The Bertz CT molecular complexity index is 2790. The predicted octanol–water partition coefficient (Wildman–Crippen LogP) is 4.33. The van der Waals surface area contributed by atoms with Crippen LogP contribution in [0.3, 0.4) is 0 Å². The fourth-order valence-electron chi connectivity index (χ4n) is 7.73. The highest BCUT2D eigenvalue weighted by Gasteiger charge is 2.42. The van der Waals surface area contributed by atoms with E-state index in [0.717, 1.165) is 9.80 Å². The molecule has 64 heavy (non-hydrogen) atoms. The number of Topliss-reactive ketones (excluding diaryl/α,β-unsaturated/α-hetero) is 2. The fraction of sp³-hybridized carbons (Fsp3) is 0.217. The summed E-state index contributed by atoms with van der Waals surface area (Å²) < 4.78 is 33.7. The summed E-state index contributed by atoms with van der Waals surface area (Å²) in [6, 6.07) is 22.9. The van der Waals surface area contributed by atoms with Gasteiger partial charge in [-0.05, 0) is 55.5 Å². The van der Waals surface area contributed by atoms with Gasteiger partial charge in [-0.2, -0.15) is 0 Å². The lowest BCUT2D eigenvalue weighted by atomic mass is 10.0. The van der Waals surface area contributed by atoms with E-state index in [4.69, 9.17) is 4.74 Å². The molecule has 2 saturated heterocycles. The fourth-order valence-corrected chi connectivity index (χ4v) is 7.73. The molecule has 4 heterocycles. The number of nitrogens with zero attached hydrogens (tertiary/aromatic N) is 4. The van der Waals surface area contributed by atoms with Crippen LogP contribution in [0.15, 0.2) is 109 Å². The molecule has 3 N–H and O–H groups in total. The van der Waals surface area contributed by atoms with Crippen LogP contribution in [-0.2, 0) is 23.9 Å². The van der Waals surface area contributed by atoms with Gasteiger partial charge in [0.2, 0.25) is 0 Å². The zero-order valence-corrected chi connectivity index (χ0v) is 34.2. The number of H-pyrrole nitrogens is 2. The molecule has 6 aromatic rings. The Morgan fingerprint density at radius 1 is 0.594 bits per heavy atom. The number of esters is 1. The number of ether oxygens (including phenoxy) is 1. The van der Waals surface area contributed by atoms with Gasteiger partial charge in [0.15, 0.2) is 0 Å². The zero-order chi connectivity index (χ0) is 45.7. The van der Waals surface area contributed by atoms with Gasteiger partial charge in [-0.15, -0.1) is 0 Å². The summed E-state index contributed by atoms with van der Waals surface area (Å²) in [5.41, 5.74) is 1.31. The third-order valence-corrected chi connectivity index (χ3v) is 10.9. The molecule has 4 aromatic carbocycles. The molecule has 0 spiro atoms. The smallest absolute Gasteiger partial charge is 0.330 e. The Morgan fingerprint density at radius 2 is 1.02 bits per heavy atom. The number of aromatic amines is 2. The first kappa shape index (κ1) is 44.0. The topological polar surface area (TPSA) is 211 Å². The number of carboxylic acid groups (broad SMARTS) is 1. The Kier molecular flexibility index (Phi) is 13.0. The van der Waals surface area contributed by atoms with Crippen molar-refractivity contribution in [3.63, 3.8) is 0 Å². The van der Waals surface area contributed by atoms with Crippen molar-refractivity contribution in [2.45, 2.75) is 19.0 Å². The minimum absolute atomic E-state index is 0.0152. The molecule has 2 aliphatic heterocycles. The molecule has 8 rings (SSSR count). The lowest BCUT2D eigenvalue weighted by molar-refractivity contribution is -0.156. The number of piperazine rings is 2. The summed E-state index contributed by atoms with van der Waals surface area (Å²) in [4.78, 5) is 112. The van der Waals surface area contributed by atoms with Crippen LogP contribution < -0.4 is 0 Å². The van der Waals surface area contributed by atoms with Crippen molar-refractivity contribution in [3.8, 4) is 0 Å². The Labute approximate surface area is 363 Å². The summed E-state index contributed by atoms with van der Waals surface area (Å²) in [5, 5.41) is 9.64. The molecular weight excluding hydrogens is 835 g/mol. The van der Waals surface area contributed by atoms with Gasteiger partial charge in [-0.25, -0.2) is 18.4 Å². The number of fused-ring (bicyclic) bond motifs is 2. The van der Waals surface area contributed by atoms with Crippen LogP contribution in [0.5, 0.6) is 0 Å². The number of aliphatic carboxylic acids is 1. The third-order valence-electron chi connectivity index (χ3n) is 10.9. The van der Waals surface area contributed by atoms with Gasteiger partial charge in [0.05, 0.1) is 30.8 Å². The van der Waals surface area contributed by atoms with Crippen LogP contribution >= 0.6 is 0 Å². The Morgan fingerprint density at radius 3 is 1.44 bits per heavy atom. The zero-order valence-electron chi connectivity index (χ0n) is 34.2. The van der Waals surface area contributed by atoms with Crippen LogP contribution in [0.25, 0.3) is 21.8 Å². The molecule has 4 amide bonds. The second-order valence-electron chi connectivity index (χ2n) is 14.7. The third kappa shape index (κ3) is 8.83. The van der Waals surface area contributed by atoms with Crippen LogP contribution in [0.1, 0.15) is 48.4 Å². The number of carbonyl (C=O) groups excluding carboxylic acids is 7. The minimum atomic E-state index is -1.40. The number of benzene rings is 4. The monoisotopic (exact) mass is 874 g/mol. The quantitative estimate of drug-likeness (QED) is 0.106. The molecule has 2 unspecified atom stereocenters. The number of hydrogen-bond acceptors (Lipinski definition) is 9. The van der Waals surface area contributed by atoms with E-state index in [-0.39, 0.29) is 79.6 Å². The molecule has 16 nitrogen and oxygen atoms in total. The van der Waals surface area contributed by atoms with Crippen molar-refractivity contribution in [2.24, 2.45) is 0 Å². The predicted molar refractivity (Wildman–Crippen MR) is 225 cm³/mol. The SMILES string of the molecule is CCOC(=O)C1CN(C(=O)c2ccccc2)CCN1C(=O)C(=O)c1c[nH]c2cccc(F)c12.O=C(C(=O)N1CCN(C(=O)c2ccccc2)CC1C(=O)O)c1c[nH]c2cccc(F)c12. The molecule has 0 saturated carbocycles. The maximum absolute atomic E-state index is 14.3. The van der Waals surface area contributed by atoms with Gasteiger partial charge in [0.1, 0.15) is 23.7 Å². The molecule has 2 aliphatic rings. The van der Waals surface area contributed by atoms with Crippen molar-refractivity contribution in [1.82, 2.24) is 29.6 Å². The van der Waals surface area contributed by atoms with E-state index in [1.165, 1.54) is 46.5 Å². The molecule has 0 aliphatic carbocycles. The van der Waals surface area contributed by atoms with E-state index < -0.39 is 59.0 Å². The highest BCUT2D eigenvalue weighted by molar-refractivity contribution is 6.45. The average molecular weight is 875 g/mol. The van der Waals surface area contributed by atoms with E-state index in [9.17, 15) is 52.2 Å². The molecule has 2 aromatic heterocycles. The van der Waals surface area contributed by atoms with Crippen molar-refractivity contribution in [3.05, 3.63) is 143 Å². The minimum Gasteiger partial charge on any atom is -0.480 e. The number of nitrogens with one attached hydrogen (secondary N) is 2. The maximum Gasteiger partial charge on any atom is 0.330 e. The lowest BCUT2D eigenvalue weighted by Gasteiger charge is -2.39. The van der Waals surface area contributed by atoms with Gasteiger partial charge in [-0.3, -0.25) is 28.8 Å². The Balaban J connectivity index is 0.000000192. The molecule has 328 valence electrons. The summed E-state index contributed by atoms with van der Waals surface area (Å²) in [5.74, 6) is -7.95. The number of halogens is 2.